The van der Waals surface area contributed by atoms with Gasteiger partial charge in [-0.1, -0.05) is 6.92 Å². The standard InChI is InChI=1S/C22H22FN7O/c1-13-8-15(23)4-5-16(13)21-26-9-18-22(31)27-20(28-30(18)21)17-11-29(10-14(17)2)12-19-24-6-3-7-25-19/h3-9,14,17H,10-12H2,1-2H3,(H,27,28,31). The van der Waals surface area contributed by atoms with Gasteiger partial charge in [0, 0.05) is 37.0 Å². The first-order chi connectivity index (χ1) is 15.0. The van der Waals surface area contributed by atoms with Crippen LogP contribution in [-0.4, -0.2) is 47.5 Å². The predicted molar refractivity (Wildman–Crippen MR) is 113 cm³/mol. The molecule has 3 aromatic heterocycles. The predicted octanol–water partition coefficient (Wildman–Crippen LogP) is 2.56. The number of aryl methyl sites for hydroxylation is 1. The van der Waals surface area contributed by atoms with Crippen LogP contribution in [-0.2, 0) is 6.54 Å². The number of nitrogens with zero attached hydrogens (tertiary/aromatic N) is 6. The maximum absolute atomic E-state index is 13.6. The number of rotatable bonds is 4. The Morgan fingerprint density at radius 2 is 2.00 bits per heavy atom. The van der Waals surface area contributed by atoms with Gasteiger partial charge in [-0.2, -0.15) is 5.10 Å². The molecule has 0 spiro atoms. The van der Waals surface area contributed by atoms with Crippen molar-refractivity contribution in [1.29, 1.82) is 0 Å². The fourth-order valence-corrected chi connectivity index (χ4v) is 4.31. The minimum absolute atomic E-state index is 0.0605. The number of halogens is 1. The molecule has 1 aromatic carbocycles. The molecular formula is C22H22FN7O. The van der Waals surface area contributed by atoms with Gasteiger partial charge in [0.25, 0.3) is 5.56 Å². The SMILES string of the molecule is Cc1cc(F)ccc1-c1ncc2c(=O)[nH]c(C3CN(Cc4ncccn4)CC3C)nn12. The third kappa shape index (κ3) is 3.61. The molecule has 0 aliphatic carbocycles. The first kappa shape index (κ1) is 19.5. The summed E-state index contributed by atoms with van der Waals surface area (Å²) in [6.07, 6.45) is 4.99. The molecule has 9 heteroatoms. The van der Waals surface area contributed by atoms with E-state index in [1.54, 1.807) is 29.0 Å². The van der Waals surface area contributed by atoms with Crippen LogP contribution in [0.1, 0.15) is 30.1 Å². The second-order valence-corrected chi connectivity index (χ2v) is 8.12. The van der Waals surface area contributed by atoms with Crippen molar-refractivity contribution < 1.29 is 4.39 Å². The summed E-state index contributed by atoms with van der Waals surface area (Å²) in [5, 5.41) is 4.76. The minimum Gasteiger partial charge on any atom is -0.307 e. The number of H-pyrrole nitrogens is 1. The first-order valence-corrected chi connectivity index (χ1v) is 10.2. The van der Waals surface area contributed by atoms with E-state index in [4.69, 9.17) is 5.10 Å². The number of hydrogen-bond acceptors (Lipinski definition) is 6. The fourth-order valence-electron chi connectivity index (χ4n) is 4.31. The van der Waals surface area contributed by atoms with E-state index in [1.807, 2.05) is 6.92 Å². The van der Waals surface area contributed by atoms with Crippen molar-refractivity contribution in [3.05, 3.63) is 76.2 Å². The van der Waals surface area contributed by atoms with Gasteiger partial charge >= 0.3 is 0 Å². The smallest absolute Gasteiger partial charge is 0.276 e. The second kappa shape index (κ2) is 7.66. The molecule has 0 amide bonds. The van der Waals surface area contributed by atoms with Gasteiger partial charge in [0.1, 0.15) is 17.5 Å². The lowest BCUT2D eigenvalue weighted by Crippen LogP contribution is -2.23. The maximum atomic E-state index is 13.6. The quantitative estimate of drug-likeness (QED) is 0.547. The zero-order valence-corrected chi connectivity index (χ0v) is 17.3. The molecule has 5 rings (SSSR count). The van der Waals surface area contributed by atoms with Gasteiger partial charge in [0.2, 0.25) is 0 Å². The van der Waals surface area contributed by atoms with Crippen LogP contribution in [0, 0.1) is 18.7 Å². The summed E-state index contributed by atoms with van der Waals surface area (Å²) in [5.74, 6) is 1.97. The third-order valence-corrected chi connectivity index (χ3v) is 5.87. The Kier molecular flexibility index (Phi) is 4.82. The largest absolute Gasteiger partial charge is 0.307 e. The van der Waals surface area contributed by atoms with Crippen LogP contribution in [0.4, 0.5) is 4.39 Å². The Bertz CT molecular complexity index is 1300. The number of likely N-dealkylation sites (tertiary alicyclic amines) is 1. The summed E-state index contributed by atoms with van der Waals surface area (Å²) in [4.78, 5) is 31.0. The lowest BCUT2D eigenvalue weighted by molar-refractivity contribution is 0.310. The molecule has 0 bridgehead atoms. The molecule has 2 atom stereocenters. The van der Waals surface area contributed by atoms with Crippen molar-refractivity contribution in [2.75, 3.05) is 13.1 Å². The molecule has 1 aliphatic rings. The van der Waals surface area contributed by atoms with E-state index in [-0.39, 0.29) is 17.3 Å². The van der Waals surface area contributed by atoms with Gasteiger partial charge in [0.05, 0.1) is 12.7 Å². The van der Waals surface area contributed by atoms with Crippen molar-refractivity contribution in [2.24, 2.45) is 5.92 Å². The summed E-state index contributed by atoms with van der Waals surface area (Å²) in [7, 11) is 0. The van der Waals surface area contributed by atoms with Crippen molar-refractivity contribution >= 4 is 5.52 Å². The van der Waals surface area contributed by atoms with Crippen LogP contribution in [0.5, 0.6) is 0 Å². The highest BCUT2D eigenvalue weighted by molar-refractivity contribution is 5.64. The van der Waals surface area contributed by atoms with E-state index in [0.717, 1.165) is 30.0 Å². The minimum atomic E-state index is -0.309. The van der Waals surface area contributed by atoms with Gasteiger partial charge in [-0.05, 0) is 42.7 Å². The van der Waals surface area contributed by atoms with Crippen LogP contribution in [0.15, 0.2) is 47.7 Å². The number of aromatic nitrogens is 6. The second-order valence-electron chi connectivity index (χ2n) is 8.12. The van der Waals surface area contributed by atoms with Crippen LogP contribution in [0.25, 0.3) is 16.9 Å². The molecule has 1 aliphatic heterocycles. The zero-order valence-electron chi connectivity index (χ0n) is 17.3. The molecule has 1 saturated heterocycles. The maximum Gasteiger partial charge on any atom is 0.276 e. The normalized spacial score (nSPS) is 19.3. The molecule has 1 N–H and O–H groups in total. The van der Waals surface area contributed by atoms with Crippen LogP contribution in [0.2, 0.25) is 0 Å². The molecular weight excluding hydrogens is 397 g/mol. The van der Waals surface area contributed by atoms with Crippen LogP contribution >= 0.6 is 0 Å². The average molecular weight is 419 g/mol. The monoisotopic (exact) mass is 419 g/mol. The highest BCUT2D eigenvalue weighted by atomic mass is 19.1. The average Bonchev–Trinajstić information content (AvgIpc) is 3.32. The Balaban J connectivity index is 1.50. The van der Waals surface area contributed by atoms with E-state index in [1.165, 1.54) is 18.3 Å². The molecule has 158 valence electrons. The molecule has 31 heavy (non-hydrogen) atoms. The molecule has 4 aromatic rings. The van der Waals surface area contributed by atoms with E-state index < -0.39 is 0 Å². The molecule has 0 radical (unpaired) electrons. The van der Waals surface area contributed by atoms with Gasteiger partial charge in [-0.15, -0.1) is 0 Å². The molecule has 1 fully saturated rings. The molecule has 2 unspecified atom stereocenters. The highest BCUT2D eigenvalue weighted by Gasteiger charge is 2.33. The summed E-state index contributed by atoms with van der Waals surface area (Å²) in [6, 6.07) is 6.31. The van der Waals surface area contributed by atoms with E-state index >= 15 is 0 Å². The van der Waals surface area contributed by atoms with Gasteiger partial charge in [-0.25, -0.2) is 23.9 Å². The number of hydrogen-bond donors (Lipinski definition) is 1. The van der Waals surface area contributed by atoms with E-state index in [2.05, 4.69) is 31.8 Å². The van der Waals surface area contributed by atoms with Crippen molar-refractivity contribution in [2.45, 2.75) is 26.3 Å². The number of benzene rings is 1. The van der Waals surface area contributed by atoms with E-state index in [0.29, 0.717) is 29.6 Å². The van der Waals surface area contributed by atoms with Crippen molar-refractivity contribution in [3.63, 3.8) is 0 Å². The molecule has 4 heterocycles. The van der Waals surface area contributed by atoms with Gasteiger partial charge < -0.3 is 4.98 Å². The lowest BCUT2D eigenvalue weighted by Gasteiger charge is -2.15. The Morgan fingerprint density at radius 1 is 1.19 bits per heavy atom. The van der Waals surface area contributed by atoms with Crippen molar-refractivity contribution in [3.8, 4) is 11.4 Å². The fraction of sp³-hybridized carbons (Fsp3) is 0.318. The molecule has 0 saturated carbocycles. The Labute approximate surface area is 177 Å². The number of aromatic amines is 1. The summed E-state index contributed by atoms with van der Waals surface area (Å²) < 4.78 is 15.1. The van der Waals surface area contributed by atoms with Crippen LogP contribution < -0.4 is 5.56 Å². The summed E-state index contributed by atoms with van der Waals surface area (Å²) >= 11 is 0. The Morgan fingerprint density at radius 3 is 2.77 bits per heavy atom. The number of imidazole rings is 1. The summed E-state index contributed by atoms with van der Waals surface area (Å²) in [5.41, 5.74) is 1.61. The summed E-state index contributed by atoms with van der Waals surface area (Å²) in [6.45, 7) is 6.22. The highest BCUT2D eigenvalue weighted by Crippen LogP contribution is 2.31. The lowest BCUT2D eigenvalue weighted by atomic mass is 9.97. The first-order valence-electron chi connectivity index (χ1n) is 10.2. The number of fused-ring (bicyclic) bond motifs is 1. The zero-order chi connectivity index (χ0) is 21.5. The van der Waals surface area contributed by atoms with E-state index in [9.17, 15) is 9.18 Å². The van der Waals surface area contributed by atoms with Crippen molar-refractivity contribution in [1.82, 2.24) is 34.4 Å². The third-order valence-electron chi connectivity index (χ3n) is 5.87. The number of nitrogens with one attached hydrogen (secondary N) is 1. The van der Waals surface area contributed by atoms with Gasteiger partial charge in [-0.3, -0.25) is 9.69 Å². The van der Waals surface area contributed by atoms with Gasteiger partial charge in [0.15, 0.2) is 11.3 Å². The Hall–Kier alpha value is -3.46. The molecule has 8 nitrogen and oxygen atoms in total. The topological polar surface area (TPSA) is 92.1 Å². The van der Waals surface area contributed by atoms with Crippen LogP contribution in [0.3, 0.4) is 0 Å².